The number of Topliss-reactive ketones (excluding diaryl/α,β-unsaturated/α-hetero) is 1. The van der Waals surface area contributed by atoms with Gasteiger partial charge in [0, 0.05) is 31.3 Å². The summed E-state index contributed by atoms with van der Waals surface area (Å²) in [5.74, 6) is 1.21. The van der Waals surface area contributed by atoms with Crippen molar-refractivity contribution >= 4 is 28.4 Å². The molecule has 8 heteroatoms. The van der Waals surface area contributed by atoms with Gasteiger partial charge >= 0.3 is 0 Å². The van der Waals surface area contributed by atoms with Crippen molar-refractivity contribution in [2.75, 3.05) is 18.5 Å². The lowest BCUT2D eigenvalue weighted by atomic mass is 9.89. The van der Waals surface area contributed by atoms with Crippen LogP contribution in [-0.2, 0) is 17.8 Å². The van der Waals surface area contributed by atoms with Gasteiger partial charge < -0.3 is 20.4 Å². The Morgan fingerprint density at radius 3 is 2.94 bits per heavy atom. The molecule has 1 aromatic carbocycles. The maximum atomic E-state index is 12.9. The predicted octanol–water partition coefficient (Wildman–Crippen LogP) is 3.38. The molecule has 0 saturated heterocycles. The molecule has 5 rings (SSSR count). The number of aromatic amines is 1. The van der Waals surface area contributed by atoms with Gasteiger partial charge in [-0.2, -0.15) is 0 Å². The molecule has 32 heavy (non-hydrogen) atoms. The Hall–Kier alpha value is -3.42. The van der Waals surface area contributed by atoms with E-state index in [1.807, 2.05) is 24.4 Å². The van der Waals surface area contributed by atoms with Gasteiger partial charge in [-0.05, 0) is 36.5 Å². The van der Waals surface area contributed by atoms with E-state index >= 15 is 0 Å². The number of benzene rings is 1. The maximum Gasteiger partial charge on any atom is 0.272 e. The van der Waals surface area contributed by atoms with E-state index < -0.39 is 0 Å². The van der Waals surface area contributed by atoms with E-state index in [0.29, 0.717) is 30.1 Å². The van der Waals surface area contributed by atoms with Gasteiger partial charge in [0.2, 0.25) is 0 Å². The van der Waals surface area contributed by atoms with Crippen molar-refractivity contribution in [3.63, 3.8) is 0 Å². The lowest BCUT2D eigenvalue weighted by molar-refractivity contribution is -0.121. The van der Waals surface area contributed by atoms with Crippen molar-refractivity contribution in [3.05, 3.63) is 47.5 Å². The third-order valence-corrected chi connectivity index (χ3v) is 6.34. The van der Waals surface area contributed by atoms with Crippen LogP contribution in [0.4, 0.5) is 5.69 Å². The molecule has 0 atom stereocenters. The number of hydrogen-bond acceptors (Lipinski definition) is 6. The molecule has 1 aliphatic heterocycles. The summed E-state index contributed by atoms with van der Waals surface area (Å²) in [6.45, 7) is 1.38. The SMILES string of the molecule is O=C1COc2ccc(CNC(=O)c3ncnc4c(NCC5CCCCC5)c[nH]c34)cc2C1. The Labute approximate surface area is 186 Å². The fourth-order valence-electron chi connectivity index (χ4n) is 4.60. The minimum absolute atomic E-state index is 0.0571. The monoisotopic (exact) mass is 433 g/mol. The smallest absolute Gasteiger partial charge is 0.272 e. The first-order valence-electron chi connectivity index (χ1n) is 11.3. The number of nitrogens with one attached hydrogen (secondary N) is 3. The highest BCUT2D eigenvalue weighted by Crippen LogP contribution is 2.27. The highest BCUT2D eigenvalue weighted by atomic mass is 16.5. The summed E-state index contributed by atoms with van der Waals surface area (Å²) in [5.41, 5.74) is 4.34. The van der Waals surface area contributed by atoms with Crippen LogP contribution in [0, 0.1) is 5.92 Å². The number of amides is 1. The molecule has 0 spiro atoms. The second-order valence-corrected chi connectivity index (χ2v) is 8.66. The van der Waals surface area contributed by atoms with E-state index in [1.54, 1.807) is 0 Å². The number of H-pyrrole nitrogens is 1. The summed E-state index contributed by atoms with van der Waals surface area (Å²) in [5, 5.41) is 6.42. The molecule has 3 heterocycles. The van der Waals surface area contributed by atoms with Gasteiger partial charge in [-0.15, -0.1) is 0 Å². The van der Waals surface area contributed by atoms with E-state index in [-0.39, 0.29) is 18.3 Å². The van der Waals surface area contributed by atoms with Gasteiger partial charge in [0.1, 0.15) is 24.2 Å². The van der Waals surface area contributed by atoms with Crippen LogP contribution in [0.15, 0.2) is 30.7 Å². The van der Waals surface area contributed by atoms with Crippen LogP contribution < -0.4 is 15.4 Å². The van der Waals surface area contributed by atoms with Gasteiger partial charge in [0.25, 0.3) is 5.91 Å². The van der Waals surface area contributed by atoms with Crippen molar-refractivity contribution in [2.24, 2.45) is 5.92 Å². The molecular formula is C24H27N5O3. The van der Waals surface area contributed by atoms with Crippen LogP contribution >= 0.6 is 0 Å². The molecule has 2 aromatic heterocycles. The second kappa shape index (κ2) is 8.98. The molecule has 0 unspecified atom stereocenters. The van der Waals surface area contributed by atoms with Gasteiger partial charge in [-0.3, -0.25) is 9.59 Å². The number of nitrogens with zero attached hydrogens (tertiary/aromatic N) is 2. The normalized spacial score (nSPS) is 16.4. The molecule has 8 nitrogen and oxygen atoms in total. The number of aromatic nitrogens is 3. The average molecular weight is 434 g/mol. The first-order valence-corrected chi connectivity index (χ1v) is 11.3. The van der Waals surface area contributed by atoms with Gasteiger partial charge in [0.05, 0.1) is 11.2 Å². The molecule has 3 aromatic rings. The Morgan fingerprint density at radius 1 is 1.19 bits per heavy atom. The van der Waals surface area contributed by atoms with Crippen LogP contribution in [0.5, 0.6) is 5.75 Å². The van der Waals surface area contributed by atoms with E-state index in [4.69, 9.17) is 4.74 Å². The quantitative estimate of drug-likeness (QED) is 0.550. The minimum atomic E-state index is -0.275. The zero-order valence-corrected chi connectivity index (χ0v) is 17.9. The Balaban J connectivity index is 1.26. The molecular weight excluding hydrogens is 406 g/mol. The third kappa shape index (κ3) is 4.30. The number of ketones is 1. The molecule has 1 amide bonds. The molecule has 0 bridgehead atoms. The minimum Gasteiger partial charge on any atom is -0.486 e. The highest BCUT2D eigenvalue weighted by Gasteiger charge is 2.19. The van der Waals surface area contributed by atoms with Crippen LogP contribution in [0.3, 0.4) is 0 Å². The Kier molecular flexibility index (Phi) is 5.75. The largest absolute Gasteiger partial charge is 0.486 e. The first-order chi connectivity index (χ1) is 15.7. The van der Waals surface area contributed by atoms with Gasteiger partial charge in [-0.25, -0.2) is 9.97 Å². The van der Waals surface area contributed by atoms with E-state index in [1.165, 1.54) is 38.4 Å². The van der Waals surface area contributed by atoms with Crippen LogP contribution in [-0.4, -0.2) is 39.8 Å². The molecule has 1 saturated carbocycles. The van der Waals surface area contributed by atoms with Crippen molar-refractivity contribution in [3.8, 4) is 5.75 Å². The number of rotatable bonds is 6. The number of fused-ring (bicyclic) bond motifs is 2. The third-order valence-electron chi connectivity index (χ3n) is 6.34. The summed E-state index contributed by atoms with van der Waals surface area (Å²) in [4.78, 5) is 36.3. The van der Waals surface area contributed by atoms with Crippen LogP contribution in [0.1, 0.15) is 53.7 Å². The molecule has 1 fully saturated rings. The fourth-order valence-corrected chi connectivity index (χ4v) is 4.60. The summed E-state index contributed by atoms with van der Waals surface area (Å²) in [7, 11) is 0. The molecule has 1 aliphatic carbocycles. The van der Waals surface area contributed by atoms with Crippen molar-refractivity contribution in [1.29, 1.82) is 0 Å². The van der Waals surface area contributed by atoms with Crippen LogP contribution in [0.25, 0.3) is 11.0 Å². The number of ether oxygens (including phenoxy) is 1. The summed E-state index contributed by atoms with van der Waals surface area (Å²) in [6.07, 6.45) is 10.1. The van der Waals surface area contributed by atoms with E-state index in [2.05, 4.69) is 25.6 Å². The number of carbonyl (C=O) groups is 2. The zero-order chi connectivity index (χ0) is 21.9. The highest BCUT2D eigenvalue weighted by molar-refractivity contribution is 6.05. The summed E-state index contributed by atoms with van der Waals surface area (Å²) < 4.78 is 5.43. The number of anilines is 1. The molecule has 3 N–H and O–H groups in total. The summed E-state index contributed by atoms with van der Waals surface area (Å²) >= 11 is 0. The average Bonchev–Trinajstić information content (AvgIpc) is 3.25. The van der Waals surface area contributed by atoms with E-state index in [9.17, 15) is 9.59 Å². The van der Waals surface area contributed by atoms with E-state index in [0.717, 1.165) is 34.6 Å². The topological polar surface area (TPSA) is 109 Å². The molecule has 166 valence electrons. The lowest BCUT2D eigenvalue weighted by Gasteiger charge is -2.21. The Bertz CT molecular complexity index is 1150. The van der Waals surface area contributed by atoms with Gasteiger partial charge in [0.15, 0.2) is 11.5 Å². The Morgan fingerprint density at radius 2 is 2.06 bits per heavy atom. The van der Waals surface area contributed by atoms with Gasteiger partial charge in [-0.1, -0.05) is 25.3 Å². The molecule has 2 aliphatic rings. The lowest BCUT2D eigenvalue weighted by Crippen LogP contribution is -2.25. The standard InChI is InChI=1S/C24H27N5O3/c30-18-9-17-8-16(6-7-20(17)32-13-18)11-27-24(31)23-22-21(28-14-29-23)19(12-26-22)25-10-15-4-2-1-3-5-15/h6-8,12,14-15,25-26H,1-5,9-11,13H2,(H,27,31). The van der Waals surface area contributed by atoms with Crippen molar-refractivity contribution < 1.29 is 14.3 Å². The summed E-state index contributed by atoms with van der Waals surface area (Å²) in [6, 6.07) is 5.65. The molecule has 0 radical (unpaired) electrons. The number of carbonyl (C=O) groups excluding carboxylic acids is 2. The number of hydrogen-bond donors (Lipinski definition) is 3. The first kappa shape index (κ1) is 20.5. The fraction of sp³-hybridized carbons (Fsp3) is 0.417. The van der Waals surface area contributed by atoms with Crippen molar-refractivity contribution in [1.82, 2.24) is 20.3 Å². The van der Waals surface area contributed by atoms with Crippen molar-refractivity contribution in [2.45, 2.75) is 45.1 Å². The maximum absolute atomic E-state index is 12.9. The second-order valence-electron chi connectivity index (χ2n) is 8.66. The predicted molar refractivity (Wildman–Crippen MR) is 121 cm³/mol. The van der Waals surface area contributed by atoms with Crippen LogP contribution in [0.2, 0.25) is 0 Å². The zero-order valence-electron chi connectivity index (χ0n) is 17.9.